The molecule has 0 aliphatic carbocycles. The zero-order valence-corrected chi connectivity index (χ0v) is 12.4. The number of hydrogen-bond acceptors (Lipinski definition) is 3. The number of carbonyl (C=O) groups excluding carboxylic acids is 1. The summed E-state index contributed by atoms with van der Waals surface area (Å²) in [5.74, 6) is -0.146. The van der Waals surface area contributed by atoms with Crippen LogP contribution >= 0.6 is 0 Å². The van der Waals surface area contributed by atoms with Crippen molar-refractivity contribution in [3.63, 3.8) is 0 Å². The van der Waals surface area contributed by atoms with Crippen LogP contribution in [0.2, 0.25) is 0 Å². The van der Waals surface area contributed by atoms with Crippen molar-refractivity contribution < 1.29 is 14.3 Å². The summed E-state index contributed by atoms with van der Waals surface area (Å²) in [6.07, 6.45) is 11.4. The predicted molar refractivity (Wildman–Crippen MR) is 74.4 cm³/mol. The molecule has 0 heterocycles. The first kappa shape index (κ1) is 17.4. The Kier molecular flexibility index (Phi) is 12.5. The van der Waals surface area contributed by atoms with Gasteiger partial charge in [-0.3, -0.25) is 4.79 Å². The Hall–Kier alpha value is -0.570. The van der Waals surface area contributed by atoms with E-state index in [0.29, 0.717) is 6.42 Å². The van der Waals surface area contributed by atoms with Gasteiger partial charge < -0.3 is 9.47 Å². The minimum Gasteiger partial charge on any atom is -0.436 e. The van der Waals surface area contributed by atoms with Crippen molar-refractivity contribution in [2.45, 2.75) is 84.3 Å². The Morgan fingerprint density at radius 1 is 0.944 bits per heavy atom. The highest BCUT2D eigenvalue weighted by Crippen LogP contribution is 2.11. The molecule has 0 rings (SSSR count). The van der Waals surface area contributed by atoms with Gasteiger partial charge in [-0.25, -0.2) is 0 Å². The molecule has 0 radical (unpaired) electrons. The Morgan fingerprint density at radius 3 is 1.94 bits per heavy atom. The Labute approximate surface area is 112 Å². The molecule has 1 unspecified atom stereocenters. The molecule has 0 spiro atoms. The minimum atomic E-state index is -0.420. The number of hydrogen-bond donors (Lipinski definition) is 0. The average Bonchev–Trinajstić information content (AvgIpc) is 2.36. The highest BCUT2D eigenvalue weighted by Gasteiger charge is 2.07. The topological polar surface area (TPSA) is 35.5 Å². The highest BCUT2D eigenvalue weighted by atomic mass is 16.7. The van der Waals surface area contributed by atoms with Gasteiger partial charge in [0.05, 0.1) is 0 Å². The first-order valence-electron chi connectivity index (χ1n) is 7.43. The van der Waals surface area contributed by atoms with Crippen LogP contribution in [-0.2, 0) is 14.3 Å². The van der Waals surface area contributed by atoms with Gasteiger partial charge in [0, 0.05) is 13.5 Å². The molecule has 0 aromatic heterocycles. The number of esters is 1. The summed E-state index contributed by atoms with van der Waals surface area (Å²) in [7, 11) is 1.54. The third-order valence-corrected chi connectivity index (χ3v) is 3.11. The lowest BCUT2D eigenvalue weighted by Crippen LogP contribution is -2.16. The van der Waals surface area contributed by atoms with E-state index in [-0.39, 0.29) is 5.97 Å². The largest absolute Gasteiger partial charge is 0.436 e. The van der Waals surface area contributed by atoms with E-state index in [0.717, 1.165) is 12.8 Å². The SMILES string of the molecule is CCCCCCCCCCCC(=O)OC(C)OC. The van der Waals surface area contributed by atoms with Gasteiger partial charge in [-0.15, -0.1) is 0 Å². The Balaban J connectivity index is 3.17. The number of methoxy groups -OCH3 is 1. The number of rotatable bonds is 12. The summed E-state index contributed by atoms with van der Waals surface area (Å²) >= 11 is 0. The molecule has 0 bridgehead atoms. The maximum atomic E-state index is 11.3. The van der Waals surface area contributed by atoms with E-state index in [9.17, 15) is 4.79 Å². The van der Waals surface area contributed by atoms with Crippen LogP contribution in [0.15, 0.2) is 0 Å². The summed E-state index contributed by atoms with van der Waals surface area (Å²) in [5.41, 5.74) is 0. The average molecular weight is 258 g/mol. The van der Waals surface area contributed by atoms with Gasteiger partial charge in [0.15, 0.2) is 6.29 Å². The van der Waals surface area contributed by atoms with Crippen LogP contribution in [-0.4, -0.2) is 19.4 Å². The second-order valence-electron chi connectivity index (χ2n) is 4.87. The molecular weight excluding hydrogens is 228 g/mol. The fraction of sp³-hybridized carbons (Fsp3) is 0.933. The second-order valence-corrected chi connectivity index (χ2v) is 4.87. The van der Waals surface area contributed by atoms with E-state index in [4.69, 9.17) is 9.47 Å². The van der Waals surface area contributed by atoms with E-state index in [1.807, 2.05) is 0 Å². The third kappa shape index (κ3) is 11.9. The van der Waals surface area contributed by atoms with E-state index in [1.54, 1.807) is 6.92 Å². The number of unbranched alkanes of at least 4 members (excludes halogenated alkanes) is 8. The van der Waals surface area contributed by atoms with E-state index >= 15 is 0 Å². The van der Waals surface area contributed by atoms with Crippen molar-refractivity contribution in [2.24, 2.45) is 0 Å². The molecule has 1 atom stereocenters. The first-order valence-corrected chi connectivity index (χ1v) is 7.43. The molecule has 3 nitrogen and oxygen atoms in total. The molecule has 3 heteroatoms. The molecule has 0 amide bonds. The van der Waals surface area contributed by atoms with Crippen LogP contribution in [0.4, 0.5) is 0 Å². The maximum Gasteiger partial charge on any atom is 0.308 e. The molecule has 0 aromatic rings. The number of ether oxygens (including phenoxy) is 2. The van der Waals surface area contributed by atoms with Gasteiger partial charge >= 0.3 is 5.97 Å². The van der Waals surface area contributed by atoms with Crippen LogP contribution in [0.5, 0.6) is 0 Å². The lowest BCUT2D eigenvalue weighted by molar-refractivity contribution is -0.169. The standard InChI is InChI=1S/C15H30O3/c1-4-5-6-7-8-9-10-11-12-13-15(16)18-14(2)17-3/h14H,4-13H2,1-3H3. The quantitative estimate of drug-likeness (QED) is 0.295. The van der Waals surface area contributed by atoms with Crippen molar-refractivity contribution >= 4 is 5.97 Å². The summed E-state index contributed by atoms with van der Waals surface area (Å²) in [6, 6.07) is 0. The first-order chi connectivity index (χ1) is 8.70. The Bertz CT molecular complexity index is 192. The zero-order valence-electron chi connectivity index (χ0n) is 12.4. The fourth-order valence-corrected chi connectivity index (χ4v) is 1.87. The normalized spacial score (nSPS) is 12.4. The second kappa shape index (κ2) is 12.9. The van der Waals surface area contributed by atoms with E-state index in [2.05, 4.69) is 6.92 Å². The Morgan fingerprint density at radius 2 is 1.44 bits per heavy atom. The highest BCUT2D eigenvalue weighted by molar-refractivity contribution is 5.69. The minimum absolute atomic E-state index is 0.146. The van der Waals surface area contributed by atoms with E-state index in [1.165, 1.54) is 52.1 Å². The van der Waals surface area contributed by atoms with Crippen molar-refractivity contribution in [3.05, 3.63) is 0 Å². The maximum absolute atomic E-state index is 11.3. The van der Waals surface area contributed by atoms with Gasteiger partial charge in [0.2, 0.25) is 0 Å². The smallest absolute Gasteiger partial charge is 0.308 e. The zero-order chi connectivity index (χ0) is 13.6. The van der Waals surface area contributed by atoms with Gasteiger partial charge in [-0.05, 0) is 13.3 Å². The molecule has 0 N–H and O–H groups in total. The van der Waals surface area contributed by atoms with Crippen LogP contribution in [0.25, 0.3) is 0 Å². The molecule has 0 fully saturated rings. The monoisotopic (exact) mass is 258 g/mol. The number of carbonyl (C=O) groups is 1. The van der Waals surface area contributed by atoms with Crippen LogP contribution < -0.4 is 0 Å². The van der Waals surface area contributed by atoms with Gasteiger partial charge in [0.25, 0.3) is 0 Å². The molecule has 0 aliphatic rings. The van der Waals surface area contributed by atoms with Gasteiger partial charge in [-0.2, -0.15) is 0 Å². The van der Waals surface area contributed by atoms with Gasteiger partial charge in [-0.1, -0.05) is 58.3 Å². The molecule has 0 saturated heterocycles. The van der Waals surface area contributed by atoms with Crippen molar-refractivity contribution in [1.29, 1.82) is 0 Å². The molecule has 0 aliphatic heterocycles. The van der Waals surface area contributed by atoms with Crippen LogP contribution in [0, 0.1) is 0 Å². The van der Waals surface area contributed by atoms with Crippen molar-refractivity contribution in [3.8, 4) is 0 Å². The molecule has 0 saturated carbocycles. The lowest BCUT2D eigenvalue weighted by atomic mass is 10.1. The lowest BCUT2D eigenvalue weighted by Gasteiger charge is -2.10. The summed E-state index contributed by atoms with van der Waals surface area (Å²) in [5, 5.41) is 0. The van der Waals surface area contributed by atoms with Crippen LogP contribution in [0.3, 0.4) is 0 Å². The van der Waals surface area contributed by atoms with Gasteiger partial charge in [0.1, 0.15) is 0 Å². The predicted octanol–water partition coefficient (Wildman–Crippen LogP) is 4.44. The van der Waals surface area contributed by atoms with E-state index < -0.39 is 6.29 Å². The molecular formula is C15H30O3. The van der Waals surface area contributed by atoms with Crippen molar-refractivity contribution in [2.75, 3.05) is 7.11 Å². The molecule has 18 heavy (non-hydrogen) atoms. The molecule has 0 aromatic carbocycles. The fourth-order valence-electron chi connectivity index (χ4n) is 1.87. The van der Waals surface area contributed by atoms with Crippen LogP contribution in [0.1, 0.15) is 78.1 Å². The third-order valence-electron chi connectivity index (χ3n) is 3.11. The summed E-state index contributed by atoms with van der Waals surface area (Å²) in [4.78, 5) is 11.3. The molecule has 108 valence electrons. The summed E-state index contributed by atoms with van der Waals surface area (Å²) in [6.45, 7) is 3.97. The van der Waals surface area contributed by atoms with Crippen molar-refractivity contribution in [1.82, 2.24) is 0 Å². The summed E-state index contributed by atoms with van der Waals surface area (Å²) < 4.78 is 9.88.